The summed E-state index contributed by atoms with van der Waals surface area (Å²) in [6.45, 7) is 4.93. The second-order valence-electron chi connectivity index (χ2n) is 5.18. The molecule has 2 heterocycles. The molecule has 0 amide bonds. The van der Waals surface area contributed by atoms with E-state index in [0.29, 0.717) is 17.6 Å². The van der Waals surface area contributed by atoms with Crippen molar-refractivity contribution in [3.05, 3.63) is 16.7 Å². The lowest BCUT2D eigenvalue weighted by molar-refractivity contribution is 0.388. The Labute approximate surface area is 119 Å². The first kappa shape index (κ1) is 14.8. The fourth-order valence-electron chi connectivity index (χ4n) is 2.69. The van der Waals surface area contributed by atoms with Crippen LogP contribution in [0, 0.1) is 0 Å². The normalized spacial score (nSPS) is 18.8. The number of rotatable bonds is 6. The first-order chi connectivity index (χ1) is 9.76. The van der Waals surface area contributed by atoms with Crippen LogP contribution >= 0.6 is 0 Å². The minimum Gasteiger partial charge on any atom is -0.489 e. The molecule has 1 atom stereocenters. The second-order valence-corrected chi connectivity index (χ2v) is 5.18. The standard InChI is InChI=1S/C14H24N4O2/c1-3-8-18(9-11-6-4-5-7-15-11)13-12(20-2)14(19)17-10-16-13/h10-11,15H,3-9H2,1-2H3,(H,16,17,19). The Hall–Kier alpha value is -1.56. The first-order valence-corrected chi connectivity index (χ1v) is 7.36. The molecule has 0 aromatic carbocycles. The first-order valence-electron chi connectivity index (χ1n) is 7.36. The van der Waals surface area contributed by atoms with Crippen molar-refractivity contribution in [3.8, 4) is 5.75 Å². The van der Waals surface area contributed by atoms with Crippen molar-refractivity contribution < 1.29 is 4.74 Å². The number of ether oxygens (including phenoxy) is 1. The number of methoxy groups -OCH3 is 1. The topological polar surface area (TPSA) is 70.2 Å². The van der Waals surface area contributed by atoms with Gasteiger partial charge >= 0.3 is 0 Å². The molecule has 0 radical (unpaired) electrons. The van der Waals surface area contributed by atoms with Crippen molar-refractivity contribution in [2.24, 2.45) is 0 Å². The van der Waals surface area contributed by atoms with E-state index in [9.17, 15) is 4.79 Å². The summed E-state index contributed by atoms with van der Waals surface area (Å²) in [6.07, 6.45) is 6.13. The molecule has 0 spiro atoms. The summed E-state index contributed by atoms with van der Waals surface area (Å²) in [5.74, 6) is 0.947. The zero-order chi connectivity index (χ0) is 14.4. The number of hydrogen-bond acceptors (Lipinski definition) is 5. The van der Waals surface area contributed by atoms with E-state index in [-0.39, 0.29) is 5.56 Å². The Morgan fingerprint density at radius 2 is 2.35 bits per heavy atom. The highest BCUT2D eigenvalue weighted by Gasteiger charge is 2.21. The number of nitrogens with zero attached hydrogens (tertiary/aromatic N) is 2. The SMILES string of the molecule is CCCN(CC1CCCCN1)c1nc[nH]c(=O)c1OC. The lowest BCUT2D eigenvalue weighted by Gasteiger charge is -2.31. The summed E-state index contributed by atoms with van der Waals surface area (Å²) in [4.78, 5) is 20.8. The minimum absolute atomic E-state index is 0.227. The van der Waals surface area contributed by atoms with E-state index in [0.717, 1.165) is 26.1 Å². The highest BCUT2D eigenvalue weighted by Crippen LogP contribution is 2.22. The molecule has 2 rings (SSSR count). The van der Waals surface area contributed by atoms with Crippen molar-refractivity contribution in [1.82, 2.24) is 15.3 Å². The van der Waals surface area contributed by atoms with Gasteiger partial charge in [0.05, 0.1) is 13.4 Å². The molecule has 1 aromatic heterocycles. The number of hydrogen-bond donors (Lipinski definition) is 2. The molecular formula is C14H24N4O2. The van der Waals surface area contributed by atoms with Crippen LogP contribution in [0.15, 0.2) is 11.1 Å². The maximum Gasteiger partial charge on any atom is 0.295 e. The average Bonchev–Trinajstić information content (AvgIpc) is 2.47. The van der Waals surface area contributed by atoms with Crippen LogP contribution in [0.5, 0.6) is 5.75 Å². The predicted octanol–water partition coefficient (Wildman–Crippen LogP) is 1.14. The van der Waals surface area contributed by atoms with E-state index in [1.54, 1.807) is 0 Å². The van der Waals surface area contributed by atoms with Gasteiger partial charge in [0.25, 0.3) is 5.56 Å². The van der Waals surface area contributed by atoms with Gasteiger partial charge in [0.2, 0.25) is 5.75 Å². The fourth-order valence-corrected chi connectivity index (χ4v) is 2.69. The summed E-state index contributed by atoms with van der Waals surface area (Å²) in [6, 6.07) is 0.459. The van der Waals surface area contributed by atoms with Crippen molar-refractivity contribution >= 4 is 5.82 Å². The number of piperidine rings is 1. The average molecular weight is 280 g/mol. The Bertz CT molecular complexity index is 468. The molecule has 20 heavy (non-hydrogen) atoms. The van der Waals surface area contributed by atoms with Gasteiger partial charge in [-0.15, -0.1) is 0 Å². The molecule has 6 nitrogen and oxygen atoms in total. The van der Waals surface area contributed by atoms with Crippen LogP contribution in [-0.4, -0.2) is 42.8 Å². The number of aromatic nitrogens is 2. The van der Waals surface area contributed by atoms with Crippen molar-refractivity contribution in [2.75, 3.05) is 31.6 Å². The summed E-state index contributed by atoms with van der Waals surface area (Å²) in [5, 5.41) is 3.53. The maximum atomic E-state index is 11.8. The highest BCUT2D eigenvalue weighted by molar-refractivity contribution is 5.50. The molecule has 1 aliphatic rings. The zero-order valence-electron chi connectivity index (χ0n) is 12.3. The largest absolute Gasteiger partial charge is 0.489 e. The van der Waals surface area contributed by atoms with Crippen LogP contribution in [0.25, 0.3) is 0 Å². The molecule has 112 valence electrons. The van der Waals surface area contributed by atoms with E-state index in [1.807, 2.05) is 0 Å². The lowest BCUT2D eigenvalue weighted by Crippen LogP contribution is -2.44. The smallest absolute Gasteiger partial charge is 0.295 e. The molecule has 1 unspecified atom stereocenters. The second kappa shape index (κ2) is 7.28. The Morgan fingerprint density at radius 3 is 3.00 bits per heavy atom. The van der Waals surface area contributed by atoms with Gasteiger partial charge in [0.15, 0.2) is 5.82 Å². The van der Waals surface area contributed by atoms with Crippen molar-refractivity contribution in [1.29, 1.82) is 0 Å². The molecular weight excluding hydrogens is 256 g/mol. The van der Waals surface area contributed by atoms with Gasteiger partial charge < -0.3 is 19.9 Å². The summed E-state index contributed by atoms with van der Waals surface area (Å²) < 4.78 is 5.22. The Morgan fingerprint density at radius 1 is 1.50 bits per heavy atom. The Kier molecular flexibility index (Phi) is 5.40. The molecule has 0 saturated carbocycles. The van der Waals surface area contributed by atoms with Crippen molar-refractivity contribution in [3.63, 3.8) is 0 Å². The van der Waals surface area contributed by atoms with Crippen LogP contribution in [0.2, 0.25) is 0 Å². The van der Waals surface area contributed by atoms with Gasteiger partial charge in [-0.05, 0) is 25.8 Å². The molecule has 1 aromatic rings. The number of nitrogens with one attached hydrogen (secondary N) is 2. The van der Waals surface area contributed by atoms with Crippen LogP contribution in [0.1, 0.15) is 32.6 Å². The third-order valence-electron chi connectivity index (χ3n) is 3.64. The molecule has 2 N–H and O–H groups in total. The van der Waals surface area contributed by atoms with Gasteiger partial charge in [-0.2, -0.15) is 0 Å². The monoisotopic (exact) mass is 280 g/mol. The van der Waals surface area contributed by atoms with Crippen LogP contribution in [-0.2, 0) is 0 Å². The van der Waals surface area contributed by atoms with E-state index in [1.165, 1.54) is 32.7 Å². The fraction of sp³-hybridized carbons (Fsp3) is 0.714. The number of anilines is 1. The molecule has 1 fully saturated rings. The summed E-state index contributed by atoms with van der Waals surface area (Å²) in [5.41, 5.74) is -0.227. The minimum atomic E-state index is -0.227. The third-order valence-corrected chi connectivity index (χ3v) is 3.64. The maximum absolute atomic E-state index is 11.8. The van der Waals surface area contributed by atoms with E-state index >= 15 is 0 Å². The number of H-pyrrole nitrogens is 1. The molecule has 0 aliphatic carbocycles. The lowest BCUT2D eigenvalue weighted by atomic mass is 10.0. The van der Waals surface area contributed by atoms with E-state index < -0.39 is 0 Å². The van der Waals surface area contributed by atoms with Crippen LogP contribution in [0.3, 0.4) is 0 Å². The van der Waals surface area contributed by atoms with Crippen LogP contribution in [0.4, 0.5) is 5.82 Å². The quantitative estimate of drug-likeness (QED) is 0.817. The van der Waals surface area contributed by atoms with Gasteiger partial charge in [-0.3, -0.25) is 4.79 Å². The van der Waals surface area contributed by atoms with E-state index in [4.69, 9.17) is 4.74 Å². The van der Waals surface area contributed by atoms with Gasteiger partial charge in [-0.1, -0.05) is 13.3 Å². The van der Waals surface area contributed by atoms with Crippen molar-refractivity contribution in [2.45, 2.75) is 38.6 Å². The predicted molar refractivity (Wildman–Crippen MR) is 79.6 cm³/mol. The Balaban J connectivity index is 2.19. The molecule has 1 aliphatic heterocycles. The third kappa shape index (κ3) is 3.50. The molecule has 6 heteroatoms. The summed E-state index contributed by atoms with van der Waals surface area (Å²) in [7, 11) is 1.51. The van der Waals surface area contributed by atoms with Gasteiger partial charge in [-0.25, -0.2) is 4.98 Å². The molecule has 0 bridgehead atoms. The summed E-state index contributed by atoms with van der Waals surface area (Å²) >= 11 is 0. The van der Waals surface area contributed by atoms with Gasteiger partial charge in [0.1, 0.15) is 0 Å². The highest BCUT2D eigenvalue weighted by atomic mass is 16.5. The van der Waals surface area contributed by atoms with Crippen LogP contribution < -0.4 is 20.5 Å². The zero-order valence-corrected chi connectivity index (χ0v) is 12.3. The van der Waals surface area contributed by atoms with E-state index in [2.05, 4.69) is 27.1 Å². The van der Waals surface area contributed by atoms with Gasteiger partial charge in [0, 0.05) is 19.1 Å². The molecule has 1 saturated heterocycles. The number of aromatic amines is 1.